The fourth-order valence-corrected chi connectivity index (χ4v) is 8.65. The van der Waals surface area contributed by atoms with Crippen molar-refractivity contribution < 1.29 is 28.6 Å². The van der Waals surface area contributed by atoms with Crippen LogP contribution in [0, 0.1) is 17.5 Å². The summed E-state index contributed by atoms with van der Waals surface area (Å²) in [5.74, 6) is 6.15. The minimum Gasteiger partial charge on any atom is 0 e. The number of pyridine rings is 3. The Morgan fingerprint density at radius 2 is 1.58 bits per heavy atom. The van der Waals surface area contributed by atoms with Crippen LogP contribution in [0.4, 0.5) is 0 Å². The molecule has 0 bridgehead atoms. The number of benzene rings is 3. The van der Waals surface area contributed by atoms with Crippen LogP contribution >= 0.6 is 0 Å². The van der Waals surface area contributed by atoms with Crippen molar-refractivity contribution in [2.75, 3.05) is 0 Å². The summed E-state index contributed by atoms with van der Waals surface area (Å²) in [7, 11) is 0. The molecular weight excluding hydrogens is 851 g/mol. The second-order valence-electron chi connectivity index (χ2n) is 14.6. The molecule has 6 heteroatoms. The monoisotopic (exact) mass is 901 g/mol. The maximum Gasteiger partial charge on any atom is 0 e. The Morgan fingerprint density at radius 3 is 2.26 bits per heavy atom. The minimum atomic E-state index is -2.24. The molecule has 0 aliphatic carbocycles. The topological polar surface area (TPSA) is 51.8 Å². The van der Waals surface area contributed by atoms with E-state index in [-0.39, 0.29) is 20.1 Å². The summed E-state index contributed by atoms with van der Waals surface area (Å²) < 4.78 is 33.2. The first-order valence-electron chi connectivity index (χ1n) is 18.2. The van der Waals surface area contributed by atoms with Crippen molar-refractivity contribution in [2.24, 2.45) is 5.41 Å². The van der Waals surface area contributed by atoms with Gasteiger partial charge in [-0.15, -0.1) is 18.2 Å². The van der Waals surface area contributed by atoms with E-state index in [1.165, 1.54) is 0 Å². The Balaban J connectivity index is 0.000000207. The van der Waals surface area contributed by atoms with Gasteiger partial charge >= 0.3 is 135 Å². The van der Waals surface area contributed by atoms with Crippen LogP contribution in [-0.2, 0) is 26.5 Å². The Labute approximate surface area is 317 Å². The first-order chi connectivity index (χ1) is 24.4. The van der Waals surface area contributed by atoms with E-state index in [0.29, 0.717) is 11.3 Å². The van der Waals surface area contributed by atoms with Crippen LogP contribution in [-0.4, -0.2) is 28.2 Å². The first-order valence-corrected chi connectivity index (χ1v) is 24.0. The SMILES string of the molecule is [2H]C(C)(C)c1ccnc(-c2[c-]ccc3c2oc2nc(-c4ccccc4)ccc23)c1.[2H]C([2H])(c1cc(-c2[c-]cccc2)nc[c]1[Ge]([CH3])([CH3])[CH3])C(C)(C)C.[Ir]. The fraction of sp³-hybridized carbons (Fsp3) is 0.250. The molecule has 257 valence electrons. The predicted molar refractivity (Wildman–Crippen MR) is 208 cm³/mol. The largest absolute Gasteiger partial charge is 0 e. The van der Waals surface area contributed by atoms with Crippen molar-refractivity contribution in [1.82, 2.24) is 15.0 Å². The van der Waals surface area contributed by atoms with Gasteiger partial charge in [0.05, 0.1) is 11.3 Å². The zero-order chi connectivity index (χ0) is 37.5. The van der Waals surface area contributed by atoms with Crippen LogP contribution in [0.5, 0.6) is 0 Å². The summed E-state index contributed by atoms with van der Waals surface area (Å²) in [5, 5.41) is 1.95. The quantitative estimate of drug-likeness (QED) is 0.123. The van der Waals surface area contributed by atoms with Gasteiger partial charge in [-0.1, -0.05) is 66.8 Å². The van der Waals surface area contributed by atoms with Gasteiger partial charge in [0, 0.05) is 38.6 Å². The maximum atomic E-state index is 8.76. The summed E-state index contributed by atoms with van der Waals surface area (Å²) >= 11 is -2.24. The van der Waals surface area contributed by atoms with Gasteiger partial charge in [0.1, 0.15) is 0 Å². The summed E-state index contributed by atoms with van der Waals surface area (Å²) in [6.45, 7) is 9.61. The van der Waals surface area contributed by atoms with Crippen LogP contribution in [0.15, 0.2) is 114 Å². The van der Waals surface area contributed by atoms with Crippen molar-refractivity contribution in [3.63, 3.8) is 0 Å². The second kappa shape index (κ2) is 15.6. The Morgan fingerprint density at radius 1 is 0.820 bits per heavy atom. The number of hydrogen-bond acceptors (Lipinski definition) is 4. The molecule has 0 spiro atoms. The van der Waals surface area contributed by atoms with Crippen LogP contribution in [0.3, 0.4) is 0 Å². The van der Waals surface area contributed by atoms with Gasteiger partial charge in [0.2, 0.25) is 5.71 Å². The molecule has 4 heterocycles. The van der Waals surface area contributed by atoms with Crippen LogP contribution in [0.2, 0.25) is 17.3 Å². The molecular formula is C44H45GeIrN3O-2. The molecule has 0 aliphatic heterocycles. The van der Waals surface area contributed by atoms with Gasteiger partial charge in [0.25, 0.3) is 0 Å². The Bertz CT molecular complexity index is 2340. The van der Waals surface area contributed by atoms with E-state index in [4.69, 9.17) is 13.5 Å². The third-order valence-corrected chi connectivity index (χ3v) is 12.4. The number of hydrogen-bond donors (Lipinski definition) is 0. The van der Waals surface area contributed by atoms with E-state index in [1.54, 1.807) is 6.20 Å². The van der Waals surface area contributed by atoms with Crippen molar-refractivity contribution in [1.29, 1.82) is 0 Å². The molecule has 7 rings (SSSR count). The molecule has 0 saturated heterocycles. The average molecular weight is 900 g/mol. The molecule has 0 atom stereocenters. The summed E-state index contributed by atoms with van der Waals surface area (Å²) in [6.07, 6.45) is 2.24. The zero-order valence-corrected chi connectivity index (χ0v) is 34.5. The predicted octanol–water partition coefficient (Wildman–Crippen LogP) is 11.3. The number of rotatable bonds is 6. The van der Waals surface area contributed by atoms with Crippen molar-refractivity contribution in [2.45, 2.75) is 64.2 Å². The molecule has 50 heavy (non-hydrogen) atoms. The molecule has 0 fully saturated rings. The average Bonchev–Trinajstić information content (AvgIpc) is 3.49. The van der Waals surface area contributed by atoms with Gasteiger partial charge in [0.15, 0.2) is 0 Å². The number of aromatic nitrogens is 3. The molecule has 0 unspecified atom stereocenters. The van der Waals surface area contributed by atoms with E-state index in [1.807, 2.05) is 132 Å². The van der Waals surface area contributed by atoms with Crippen molar-refractivity contribution >= 4 is 39.7 Å². The van der Waals surface area contributed by atoms with E-state index >= 15 is 0 Å². The Hall–Kier alpha value is -3.90. The molecule has 0 amide bonds. The number of furan rings is 1. The summed E-state index contributed by atoms with van der Waals surface area (Å²) in [4.78, 5) is 13.9. The zero-order valence-electron chi connectivity index (χ0n) is 33.0. The molecule has 0 saturated carbocycles. The van der Waals surface area contributed by atoms with E-state index in [0.717, 1.165) is 60.1 Å². The van der Waals surface area contributed by atoms with Crippen LogP contribution < -0.4 is 4.40 Å². The Kier molecular flexibility index (Phi) is 10.3. The van der Waals surface area contributed by atoms with Crippen molar-refractivity contribution in [3.05, 3.63) is 133 Å². The van der Waals surface area contributed by atoms with E-state index in [9.17, 15) is 0 Å². The van der Waals surface area contributed by atoms with E-state index in [2.05, 4.69) is 45.4 Å². The second-order valence-corrected chi connectivity index (χ2v) is 25.1. The van der Waals surface area contributed by atoms with Crippen molar-refractivity contribution in [3.8, 4) is 33.8 Å². The van der Waals surface area contributed by atoms with Gasteiger partial charge in [-0.05, 0) is 29.8 Å². The van der Waals surface area contributed by atoms with E-state index < -0.39 is 30.9 Å². The van der Waals surface area contributed by atoms with Gasteiger partial charge in [-0.3, -0.25) is 0 Å². The van der Waals surface area contributed by atoms with Gasteiger partial charge < -0.3 is 9.40 Å². The van der Waals surface area contributed by atoms with Gasteiger partial charge in [-0.25, -0.2) is 4.98 Å². The maximum absolute atomic E-state index is 8.76. The third-order valence-electron chi connectivity index (χ3n) is 8.17. The normalized spacial score (nSPS) is 13.1. The first kappa shape index (κ1) is 33.3. The molecule has 1 radical (unpaired) electrons. The van der Waals surface area contributed by atoms with Gasteiger partial charge in [-0.2, -0.15) is 0 Å². The molecule has 0 N–H and O–H groups in total. The third kappa shape index (κ3) is 8.69. The molecule has 4 nitrogen and oxygen atoms in total. The molecule has 3 aromatic carbocycles. The number of nitrogens with zero attached hydrogens (tertiary/aromatic N) is 3. The van der Waals surface area contributed by atoms with Crippen LogP contribution in [0.1, 0.15) is 55.8 Å². The summed E-state index contributed by atoms with van der Waals surface area (Å²) in [6, 6.07) is 38.0. The number of fused-ring (bicyclic) bond motifs is 3. The fourth-order valence-electron chi connectivity index (χ4n) is 5.72. The minimum absolute atomic E-state index is 0. The van der Waals surface area contributed by atoms with Crippen LogP contribution in [0.25, 0.3) is 55.8 Å². The molecule has 7 aromatic rings. The standard InChI is InChI=1S/C25H19N2O.C19H26GeN.Ir/c1-16(2)18-13-14-26-23(15-18)21-10-6-9-19-20-11-12-22(17-7-4-3-5-8-17)27-25(20)28-24(19)21;1-19(2,3)13-16-12-18(15-10-8-7-9-11-15)21-14-17(16)20(4,5)6;/h3-9,11-16H,1-2H3;7-10,12,14H,13H2,1-6H3;/q2*-1;/i16D;13D2;. The summed E-state index contributed by atoms with van der Waals surface area (Å²) in [5.41, 5.74) is 7.69. The smallest absolute Gasteiger partial charge is 0 e. The molecule has 4 aromatic heterocycles. The molecule has 0 aliphatic rings.